The maximum atomic E-state index is 5.03. The molecule has 0 saturated carbocycles. The maximum Gasteiger partial charge on any atom is 0.246 e. The summed E-state index contributed by atoms with van der Waals surface area (Å²) in [7, 11) is 1.73. The molecule has 1 aromatic carbocycles. The zero-order valence-electron chi connectivity index (χ0n) is 12.0. The highest BCUT2D eigenvalue weighted by Crippen LogP contribution is 2.02. The third kappa shape index (κ3) is 4.08. The molecule has 6 heteroatoms. The number of nitrogens with one attached hydrogen (secondary N) is 2. The number of guanidine groups is 1. The summed E-state index contributed by atoms with van der Waals surface area (Å²) < 4.78 is 5.03. The standard InChI is InChI=1S/C14H19N5O/c1-10-4-6-12(7-5-10)8-16-14(15-3)17-9-13-18-11(2)19-20-13/h4-7H,8-9H2,1-3H3,(H2,15,16,17). The molecule has 2 rings (SSSR count). The van der Waals surface area contributed by atoms with Crippen LogP contribution >= 0.6 is 0 Å². The van der Waals surface area contributed by atoms with Crippen LogP contribution in [0.15, 0.2) is 33.8 Å². The van der Waals surface area contributed by atoms with Gasteiger partial charge in [0.15, 0.2) is 11.8 Å². The van der Waals surface area contributed by atoms with Gasteiger partial charge in [0.05, 0.1) is 6.54 Å². The molecule has 0 radical (unpaired) electrons. The van der Waals surface area contributed by atoms with Crippen LogP contribution in [0.3, 0.4) is 0 Å². The average molecular weight is 273 g/mol. The minimum Gasteiger partial charge on any atom is -0.352 e. The van der Waals surface area contributed by atoms with E-state index in [-0.39, 0.29) is 0 Å². The Bertz CT molecular complexity index is 574. The highest BCUT2D eigenvalue weighted by molar-refractivity contribution is 5.79. The number of aromatic nitrogens is 2. The van der Waals surface area contributed by atoms with Gasteiger partial charge in [-0.05, 0) is 19.4 Å². The van der Waals surface area contributed by atoms with E-state index in [0.29, 0.717) is 30.8 Å². The van der Waals surface area contributed by atoms with Crippen LogP contribution in [0, 0.1) is 13.8 Å². The van der Waals surface area contributed by atoms with Gasteiger partial charge in [0.2, 0.25) is 5.89 Å². The summed E-state index contributed by atoms with van der Waals surface area (Å²) in [6.07, 6.45) is 0. The van der Waals surface area contributed by atoms with Crippen molar-refractivity contribution in [3.05, 3.63) is 47.1 Å². The van der Waals surface area contributed by atoms with Crippen LogP contribution in [-0.4, -0.2) is 23.1 Å². The predicted molar refractivity (Wildman–Crippen MR) is 77.3 cm³/mol. The van der Waals surface area contributed by atoms with Gasteiger partial charge in [0.25, 0.3) is 0 Å². The molecule has 0 fully saturated rings. The Hall–Kier alpha value is -2.37. The Morgan fingerprint density at radius 3 is 2.45 bits per heavy atom. The SMILES string of the molecule is CN=C(NCc1ccc(C)cc1)NCc1nc(C)no1. The van der Waals surface area contributed by atoms with Crippen molar-refractivity contribution in [3.8, 4) is 0 Å². The molecule has 2 aromatic rings. The average Bonchev–Trinajstić information content (AvgIpc) is 2.87. The second kappa shape index (κ2) is 6.70. The molecule has 1 aromatic heterocycles. The summed E-state index contributed by atoms with van der Waals surface area (Å²) in [5, 5.41) is 10.1. The number of hydrogen-bond donors (Lipinski definition) is 2. The van der Waals surface area contributed by atoms with Crippen LogP contribution in [0.4, 0.5) is 0 Å². The van der Waals surface area contributed by atoms with Crippen LogP contribution in [-0.2, 0) is 13.1 Å². The molecule has 20 heavy (non-hydrogen) atoms. The van der Waals surface area contributed by atoms with Gasteiger partial charge >= 0.3 is 0 Å². The molecule has 0 aliphatic carbocycles. The van der Waals surface area contributed by atoms with E-state index >= 15 is 0 Å². The molecule has 0 aliphatic rings. The Labute approximate surface area is 118 Å². The second-order valence-electron chi connectivity index (χ2n) is 4.50. The third-order valence-electron chi connectivity index (χ3n) is 2.78. The van der Waals surface area contributed by atoms with Crippen molar-refractivity contribution >= 4 is 5.96 Å². The fourth-order valence-electron chi connectivity index (χ4n) is 1.68. The van der Waals surface area contributed by atoms with E-state index in [0.717, 1.165) is 0 Å². The summed E-state index contributed by atoms with van der Waals surface area (Å²) in [6, 6.07) is 8.37. The van der Waals surface area contributed by atoms with E-state index in [1.54, 1.807) is 14.0 Å². The summed E-state index contributed by atoms with van der Waals surface area (Å²) in [6.45, 7) is 5.03. The Balaban J connectivity index is 1.82. The highest BCUT2D eigenvalue weighted by atomic mass is 16.5. The van der Waals surface area contributed by atoms with Gasteiger partial charge in [0, 0.05) is 13.6 Å². The lowest BCUT2D eigenvalue weighted by Crippen LogP contribution is -2.36. The number of aryl methyl sites for hydroxylation is 2. The van der Waals surface area contributed by atoms with Gasteiger partial charge in [-0.15, -0.1) is 0 Å². The van der Waals surface area contributed by atoms with E-state index in [1.807, 2.05) is 0 Å². The van der Waals surface area contributed by atoms with E-state index in [2.05, 4.69) is 57.0 Å². The molecule has 1 heterocycles. The minimum atomic E-state index is 0.453. The van der Waals surface area contributed by atoms with Crippen molar-refractivity contribution in [1.29, 1.82) is 0 Å². The molecule has 0 unspecified atom stereocenters. The van der Waals surface area contributed by atoms with Crippen LogP contribution < -0.4 is 10.6 Å². The lowest BCUT2D eigenvalue weighted by Gasteiger charge is -2.10. The van der Waals surface area contributed by atoms with Crippen molar-refractivity contribution in [2.45, 2.75) is 26.9 Å². The maximum absolute atomic E-state index is 5.03. The Kier molecular flexibility index (Phi) is 4.70. The molecular weight excluding hydrogens is 254 g/mol. The van der Waals surface area contributed by atoms with Gasteiger partial charge in [-0.25, -0.2) is 0 Å². The lowest BCUT2D eigenvalue weighted by molar-refractivity contribution is 0.371. The van der Waals surface area contributed by atoms with Crippen molar-refractivity contribution in [1.82, 2.24) is 20.8 Å². The van der Waals surface area contributed by atoms with Crippen molar-refractivity contribution < 1.29 is 4.52 Å². The smallest absolute Gasteiger partial charge is 0.246 e. The largest absolute Gasteiger partial charge is 0.352 e. The normalized spacial score (nSPS) is 11.4. The Morgan fingerprint density at radius 2 is 1.85 bits per heavy atom. The Morgan fingerprint density at radius 1 is 1.15 bits per heavy atom. The number of rotatable bonds is 4. The number of benzene rings is 1. The van der Waals surface area contributed by atoms with Crippen LogP contribution in [0.25, 0.3) is 0 Å². The number of hydrogen-bond acceptors (Lipinski definition) is 4. The topological polar surface area (TPSA) is 75.3 Å². The molecule has 2 N–H and O–H groups in total. The first-order chi connectivity index (χ1) is 9.67. The fraction of sp³-hybridized carbons (Fsp3) is 0.357. The number of nitrogens with zero attached hydrogens (tertiary/aromatic N) is 3. The van der Waals surface area contributed by atoms with Crippen LogP contribution in [0.2, 0.25) is 0 Å². The monoisotopic (exact) mass is 273 g/mol. The quantitative estimate of drug-likeness (QED) is 0.653. The molecule has 0 saturated heterocycles. The second-order valence-corrected chi connectivity index (χ2v) is 4.50. The molecule has 0 amide bonds. The molecular formula is C14H19N5O. The summed E-state index contributed by atoms with van der Waals surface area (Å²) >= 11 is 0. The van der Waals surface area contributed by atoms with E-state index < -0.39 is 0 Å². The fourth-order valence-corrected chi connectivity index (χ4v) is 1.68. The molecule has 6 nitrogen and oxygen atoms in total. The van der Waals surface area contributed by atoms with E-state index in [4.69, 9.17) is 4.52 Å². The third-order valence-corrected chi connectivity index (χ3v) is 2.78. The first-order valence-corrected chi connectivity index (χ1v) is 6.46. The van der Waals surface area contributed by atoms with Crippen molar-refractivity contribution in [2.24, 2.45) is 4.99 Å². The first kappa shape index (κ1) is 14.0. The first-order valence-electron chi connectivity index (χ1n) is 6.46. The van der Waals surface area contributed by atoms with Crippen molar-refractivity contribution in [2.75, 3.05) is 7.05 Å². The highest BCUT2D eigenvalue weighted by Gasteiger charge is 2.04. The summed E-state index contributed by atoms with van der Waals surface area (Å²) in [5.41, 5.74) is 2.45. The number of aliphatic imine (C=N–C) groups is 1. The van der Waals surface area contributed by atoms with E-state index in [9.17, 15) is 0 Å². The lowest BCUT2D eigenvalue weighted by atomic mass is 10.1. The van der Waals surface area contributed by atoms with Crippen LogP contribution in [0.1, 0.15) is 22.8 Å². The van der Waals surface area contributed by atoms with E-state index in [1.165, 1.54) is 11.1 Å². The summed E-state index contributed by atoms with van der Waals surface area (Å²) in [5.74, 6) is 1.87. The van der Waals surface area contributed by atoms with Gasteiger partial charge in [-0.1, -0.05) is 35.0 Å². The predicted octanol–water partition coefficient (Wildman–Crippen LogP) is 1.55. The molecule has 0 bridgehead atoms. The van der Waals surface area contributed by atoms with Crippen LogP contribution in [0.5, 0.6) is 0 Å². The van der Waals surface area contributed by atoms with Gasteiger partial charge in [-0.3, -0.25) is 4.99 Å². The molecule has 0 atom stereocenters. The molecule has 0 spiro atoms. The zero-order valence-corrected chi connectivity index (χ0v) is 12.0. The van der Waals surface area contributed by atoms with Crippen molar-refractivity contribution in [3.63, 3.8) is 0 Å². The van der Waals surface area contributed by atoms with Gasteiger partial charge < -0.3 is 15.2 Å². The molecule has 0 aliphatic heterocycles. The van der Waals surface area contributed by atoms with Gasteiger partial charge in [0.1, 0.15) is 0 Å². The van der Waals surface area contributed by atoms with Gasteiger partial charge in [-0.2, -0.15) is 4.98 Å². The zero-order chi connectivity index (χ0) is 14.4. The minimum absolute atomic E-state index is 0.453. The summed E-state index contributed by atoms with van der Waals surface area (Å²) in [4.78, 5) is 8.27. The molecule has 106 valence electrons.